The van der Waals surface area contributed by atoms with E-state index in [4.69, 9.17) is 0 Å². The highest BCUT2D eigenvalue weighted by Gasteiger charge is 2.18. The van der Waals surface area contributed by atoms with E-state index in [0.29, 0.717) is 11.0 Å². The van der Waals surface area contributed by atoms with Gasteiger partial charge in [0.15, 0.2) is 5.16 Å². The number of alkyl halides is 2. The Morgan fingerprint density at radius 2 is 1.96 bits per heavy atom. The van der Waals surface area contributed by atoms with Crippen LogP contribution in [0, 0.1) is 0 Å². The Balaban J connectivity index is 2.10. The van der Waals surface area contributed by atoms with Gasteiger partial charge < -0.3 is 15.2 Å². The average molecular weight is 356 g/mol. The third kappa shape index (κ3) is 4.92. The summed E-state index contributed by atoms with van der Waals surface area (Å²) in [5.41, 5.74) is 1.12. The summed E-state index contributed by atoms with van der Waals surface area (Å²) < 4.78 is 26.8. The normalized spacial score (nSPS) is 11.2. The van der Waals surface area contributed by atoms with Gasteiger partial charge in [-0.2, -0.15) is 8.78 Å². The molecular formula is C15H18F2N4O2S. The minimum Gasteiger partial charge on any atom is -0.352 e. The number of benzene rings is 1. The van der Waals surface area contributed by atoms with Gasteiger partial charge in [0.2, 0.25) is 11.8 Å². The maximum absolute atomic E-state index is 12.7. The van der Waals surface area contributed by atoms with Crippen molar-refractivity contribution in [2.75, 3.05) is 6.54 Å². The molecule has 0 spiro atoms. The van der Waals surface area contributed by atoms with E-state index >= 15 is 0 Å². The number of carbonyl (C=O) groups excluding carboxylic acids is 2. The number of halogens is 2. The summed E-state index contributed by atoms with van der Waals surface area (Å²) in [6, 6.07) is 6.85. The van der Waals surface area contributed by atoms with Crippen LogP contribution >= 0.6 is 11.8 Å². The Morgan fingerprint density at radius 1 is 1.25 bits per heavy atom. The molecule has 0 aliphatic carbocycles. The van der Waals surface area contributed by atoms with Crippen molar-refractivity contribution < 1.29 is 18.4 Å². The molecule has 2 amide bonds. The molecule has 0 radical (unpaired) electrons. The predicted octanol–water partition coefficient (Wildman–Crippen LogP) is 1.99. The van der Waals surface area contributed by atoms with Crippen molar-refractivity contribution in [3.8, 4) is 0 Å². The van der Waals surface area contributed by atoms with Crippen LogP contribution in [0.25, 0.3) is 11.0 Å². The molecule has 0 saturated carbocycles. The first-order valence-corrected chi connectivity index (χ1v) is 8.21. The molecule has 0 unspecified atom stereocenters. The topological polar surface area (TPSA) is 76.0 Å². The zero-order valence-corrected chi connectivity index (χ0v) is 14.1. The van der Waals surface area contributed by atoms with Crippen molar-refractivity contribution in [2.45, 2.75) is 37.3 Å². The monoisotopic (exact) mass is 356 g/mol. The van der Waals surface area contributed by atoms with Crippen LogP contribution in [0.3, 0.4) is 0 Å². The van der Waals surface area contributed by atoms with Gasteiger partial charge in [0.1, 0.15) is 6.54 Å². The lowest BCUT2D eigenvalue weighted by molar-refractivity contribution is -0.126. The highest BCUT2D eigenvalue weighted by atomic mass is 32.2. The second kappa shape index (κ2) is 8.09. The lowest BCUT2D eigenvalue weighted by atomic mass is 10.3. The number of imidazole rings is 1. The Labute approximate surface area is 142 Å². The van der Waals surface area contributed by atoms with E-state index in [0.717, 1.165) is 0 Å². The van der Waals surface area contributed by atoms with E-state index in [1.165, 1.54) is 4.57 Å². The standard InChI is InChI=1S/C15H18F2N4O2S/c1-9(2)19-12(22)7-18-13(23)8-21-11-6-4-3-5-10(11)20-15(21)24-14(16)17/h3-6,9,14H,7-8H2,1-2H3,(H,18,23)(H,19,22). The smallest absolute Gasteiger partial charge is 0.291 e. The molecule has 6 nitrogen and oxygen atoms in total. The zero-order chi connectivity index (χ0) is 17.7. The van der Waals surface area contributed by atoms with Crippen LogP contribution in [-0.4, -0.2) is 39.7 Å². The van der Waals surface area contributed by atoms with Crippen molar-refractivity contribution in [3.63, 3.8) is 0 Å². The molecule has 24 heavy (non-hydrogen) atoms. The van der Waals surface area contributed by atoms with Crippen LogP contribution in [0.5, 0.6) is 0 Å². The van der Waals surface area contributed by atoms with Crippen LogP contribution in [0.4, 0.5) is 8.78 Å². The quantitative estimate of drug-likeness (QED) is 0.744. The van der Waals surface area contributed by atoms with E-state index in [9.17, 15) is 18.4 Å². The van der Waals surface area contributed by atoms with Crippen molar-refractivity contribution in [1.29, 1.82) is 0 Å². The minimum atomic E-state index is -2.64. The molecule has 0 atom stereocenters. The lowest BCUT2D eigenvalue weighted by Crippen LogP contribution is -2.40. The van der Waals surface area contributed by atoms with Gasteiger partial charge in [-0.3, -0.25) is 9.59 Å². The number of aromatic nitrogens is 2. The number of hydrogen-bond acceptors (Lipinski definition) is 4. The molecule has 2 N–H and O–H groups in total. The van der Waals surface area contributed by atoms with Crippen LogP contribution < -0.4 is 10.6 Å². The number of thioether (sulfide) groups is 1. The first-order chi connectivity index (χ1) is 11.4. The molecule has 0 aliphatic rings. The third-order valence-electron chi connectivity index (χ3n) is 3.01. The van der Waals surface area contributed by atoms with Crippen molar-refractivity contribution >= 4 is 34.6 Å². The summed E-state index contributed by atoms with van der Waals surface area (Å²) in [7, 11) is 0. The first kappa shape index (κ1) is 18.2. The largest absolute Gasteiger partial charge is 0.352 e. The van der Waals surface area contributed by atoms with Gasteiger partial charge in [-0.05, 0) is 37.7 Å². The first-order valence-electron chi connectivity index (χ1n) is 7.33. The Bertz CT molecular complexity index is 733. The van der Waals surface area contributed by atoms with Gasteiger partial charge in [0.05, 0.1) is 17.6 Å². The van der Waals surface area contributed by atoms with E-state index < -0.39 is 11.7 Å². The number of fused-ring (bicyclic) bond motifs is 1. The second-order valence-electron chi connectivity index (χ2n) is 5.35. The second-order valence-corrected chi connectivity index (χ2v) is 6.30. The number of amides is 2. The summed E-state index contributed by atoms with van der Waals surface area (Å²) >= 11 is 0.285. The molecule has 0 aliphatic heterocycles. The molecule has 130 valence electrons. The molecule has 0 fully saturated rings. The summed E-state index contributed by atoms with van der Waals surface area (Å²) in [6.45, 7) is 3.27. The molecule has 1 aromatic heterocycles. The highest BCUT2D eigenvalue weighted by Crippen LogP contribution is 2.28. The molecule has 0 bridgehead atoms. The molecule has 0 saturated heterocycles. The number of carbonyl (C=O) groups is 2. The van der Waals surface area contributed by atoms with Gasteiger partial charge in [-0.1, -0.05) is 12.1 Å². The van der Waals surface area contributed by atoms with E-state index in [1.54, 1.807) is 24.3 Å². The molecular weight excluding hydrogens is 338 g/mol. The van der Waals surface area contributed by atoms with Crippen molar-refractivity contribution in [3.05, 3.63) is 24.3 Å². The number of nitrogens with zero attached hydrogens (tertiary/aromatic N) is 2. The minimum absolute atomic E-state index is 0.0268. The highest BCUT2D eigenvalue weighted by molar-refractivity contribution is 7.99. The number of para-hydroxylation sites is 2. The Hall–Kier alpha value is -2.16. The van der Waals surface area contributed by atoms with Crippen molar-refractivity contribution in [2.24, 2.45) is 0 Å². The van der Waals surface area contributed by atoms with E-state index in [1.807, 2.05) is 13.8 Å². The summed E-state index contributed by atoms with van der Waals surface area (Å²) in [5.74, 6) is -3.40. The summed E-state index contributed by atoms with van der Waals surface area (Å²) in [4.78, 5) is 27.7. The fraction of sp³-hybridized carbons (Fsp3) is 0.400. The third-order valence-corrected chi connectivity index (χ3v) is 3.71. The maximum Gasteiger partial charge on any atom is 0.291 e. The van der Waals surface area contributed by atoms with Gasteiger partial charge in [-0.25, -0.2) is 4.98 Å². The zero-order valence-electron chi connectivity index (χ0n) is 13.3. The van der Waals surface area contributed by atoms with Crippen LogP contribution in [0.1, 0.15) is 13.8 Å². The maximum atomic E-state index is 12.7. The van der Waals surface area contributed by atoms with Crippen LogP contribution in [0.2, 0.25) is 0 Å². The van der Waals surface area contributed by atoms with Gasteiger partial charge >= 0.3 is 0 Å². The van der Waals surface area contributed by atoms with Crippen LogP contribution in [-0.2, 0) is 16.1 Å². The Morgan fingerprint density at radius 3 is 2.62 bits per heavy atom. The summed E-state index contributed by atoms with van der Waals surface area (Å²) in [5, 5.41) is 5.19. The van der Waals surface area contributed by atoms with Gasteiger partial charge in [0, 0.05) is 6.04 Å². The van der Waals surface area contributed by atoms with Gasteiger partial charge in [-0.15, -0.1) is 0 Å². The van der Waals surface area contributed by atoms with E-state index in [-0.39, 0.29) is 42.0 Å². The molecule has 1 heterocycles. The fourth-order valence-electron chi connectivity index (χ4n) is 2.13. The number of rotatable bonds is 7. The fourth-order valence-corrected chi connectivity index (χ4v) is 2.73. The van der Waals surface area contributed by atoms with E-state index in [2.05, 4.69) is 15.6 Å². The van der Waals surface area contributed by atoms with Gasteiger partial charge in [0.25, 0.3) is 5.76 Å². The molecule has 2 aromatic rings. The lowest BCUT2D eigenvalue weighted by Gasteiger charge is -2.11. The molecule has 9 heteroatoms. The average Bonchev–Trinajstić information content (AvgIpc) is 2.81. The SMILES string of the molecule is CC(C)NC(=O)CNC(=O)Cn1c(SC(F)F)nc2ccccc21. The number of hydrogen-bond donors (Lipinski definition) is 2. The predicted molar refractivity (Wildman–Crippen MR) is 87.9 cm³/mol. The summed E-state index contributed by atoms with van der Waals surface area (Å²) in [6.07, 6.45) is 0. The van der Waals surface area contributed by atoms with Crippen LogP contribution in [0.15, 0.2) is 29.4 Å². The number of nitrogens with one attached hydrogen (secondary N) is 2. The molecule has 1 aromatic carbocycles. The van der Waals surface area contributed by atoms with Crippen molar-refractivity contribution in [1.82, 2.24) is 20.2 Å². The Kier molecular flexibility index (Phi) is 6.13. The molecule has 2 rings (SSSR count).